The van der Waals surface area contributed by atoms with E-state index in [1.165, 1.54) is 32.4 Å². The zero-order valence-corrected chi connectivity index (χ0v) is 7.10. The Morgan fingerprint density at radius 2 is 2.08 bits per heavy atom. The maximum Gasteiger partial charge on any atom is 0.125 e. The number of rotatable bonds is 2. The second kappa shape index (κ2) is 3.16. The number of nitrogens with zero attached hydrogens (tertiary/aromatic N) is 2. The van der Waals surface area contributed by atoms with Crippen LogP contribution in [0.2, 0.25) is 0 Å². The molecule has 4 nitrogen and oxygen atoms in total. The van der Waals surface area contributed by atoms with E-state index >= 15 is 0 Å². The van der Waals surface area contributed by atoms with E-state index in [9.17, 15) is 10.2 Å². The number of hydrogen-bond acceptors (Lipinski definition) is 4. The van der Waals surface area contributed by atoms with Crippen LogP contribution in [0.1, 0.15) is 25.6 Å². The summed E-state index contributed by atoms with van der Waals surface area (Å²) in [4.78, 5) is 7.66. The van der Waals surface area contributed by atoms with Gasteiger partial charge in [0.05, 0.1) is 17.5 Å². The minimum Gasteiger partial charge on any atom is -0.387 e. The SMILES string of the molecule is CC(C)(O)C(O)c1cnccn1. The normalized spacial score (nSPS) is 14.3. The highest BCUT2D eigenvalue weighted by Crippen LogP contribution is 2.22. The van der Waals surface area contributed by atoms with Gasteiger partial charge in [-0.2, -0.15) is 0 Å². The topological polar surface area (TPSA) is 66.2 Å². The van der Waals surface area contributed by atoms with Gasteiger partial charge in [-0.3, -0.25) is 9.97 Å². The smallest absolute Gasteiger partial charge is 0.125 e. The third kappa shape index (κ3) is 1.99. The van der Waals surface area contributed by atoms with Gasteiger partial charge in [0.1, 0.15) is 6.10 Å². The van der Waals surface area contributed by atoms with Crippen LogP contribution in [0.15, 0.2) is 18.6 Å². The molecule has 1 heterocycles. The molecule has 0 aliphatic rings. The Bertz CT molecular complexity index is 243. The van der Waals surface area contributed by atoms with Crippen molar-refractivity contribution in [3.63, 3.8) is 0 Å². The van der Waals surface area contributed by atoms with Crippen LogP contribution in [-0.2, 0) is 0 Å². The molecule has 1 rings (SSSR count). The van der Waals surface area contributed by atoms with Crippen molar-refractivity contribution < 1.29 is 10.2 Å². The highest BCUT2D eigenvalue weighted by molar-refractivity contribution is 5.03. The van der Waals surface area contributed by atoms with Gasteiger partial charge >= 0.3 is 0 Å². The first-order valence-electron chi connectivity index (χ1n) is 3.68. The summed E-state index contributed by atoms with van der Waals surface area (Å²) in [6.45, 7) is 3.04. The Morgan fingerprint density at radius 3 is 2.50 bits per heavy atom. The maximum atomic E-state index is 9.50. The molecule has 2 N–H and O–H groups in total. The van der Waals surface area contributed by atoms with E-state index in [2.05, 4.69) is 9.97 Å². The van der Waals surface area contributed by atoms with Crippen LogP contribution >= 0.6 is 0 Å². The molecule has 0 aromatic carbocycles. The van der Waals surface area contributed by atoms with Crippen molar-refractivity contribution in [3.05, 3.63) is 24.3 Å². The average molecular weight is 168 g/mol. The summed E-state index contributed by atoms with van der Waals surface area (Å²) in [5.74, 6) is 0. The standard InChI is InChI=1S/C8H12N2O2/c1-8(2,12)7(11)6-5-9-3-4-10-6/h3-5,7,11-12H,1-2H3. The molecule has 0 saturated carbocycles. The molecule has 0 bridgehead atoms. The van der Waals surface area contributed by atoms with E-state index < -0.39 is 11.7 Å². The molecule has 4 heteroatoms. The minimum absolute atomic E-state index is 0.380. The van der Waals surface area contributed by atoms with Crippen molar-refractivity contribution in [1.29, 1.82) is 0 Å². The van der Waals surface area contributed by atoms with Crippen molar-refractivity contribution in [2.75, 3.05) is 0 Å². The third-order valence-electron chi connectivity index (χ3n) is 1.53. The summed E-state index contributed by atoms with van der Waals surface area (Å²) in [5, 5.41) is 18.9. The summed E-state index contributed by atoms with van der Waals surface area (Å²) in [6, 6.07) is 0. The molecule has 0 spiro atoms. The molecule has 0 fully saturated rings. The lowest BCUT2D eigenvalue weighted by atomic mass is 10.00. The predicted molar refractivity (Wildman–Crippen MR) is 43.3 cm³/mol. The first kappa shape index (κ1) is 9.09. The summed E-state index contributed by atoms with van der Waals surface area (Å²) < 4.78 is 0. The number of aliphatic hydroxyl groups is 2. The highest BCUT2D eigenvalue weighted by Gasteiger charge is 2.26. The van der Waals surface area contributed by atoms with E-state index in [1.807, 2.05) is 0 Å². The molecule has 0 aliphatic heterocycles. The molecule has 66 valence electrons. The highest BCUT2D eigenvalue weighted by atomic mass is 16.3. The van der Waals surface area contributed by atoms with Gasteiger partial charge in [0.15, 0.2) is 0 Å². The van der Waals surface area contributed by atoms with Crippen LogP contribution in [-0.4, -0.2) is 25.8 Å². The number of hydrogen-bond donors (Lipinski definition) is 2. The van der Waals surface area contributed by atoms with E-state index in [4.69, 9.17) is 0 Å². The summed E-state index contributed by atoms with van der Waals surface area (Å²) in [7, 11) is 0. The van der Waals surface area contributed by atoms with E-state index in [1.54, 1.807) is 0 Å². The van der Waals surface area contributed by atoms with Crippen molar-refractivity contribution in [2.45, 2.75) is 25.6 Å². The fraction of sp³-hybridized carbons (Fsp3) is 0.500. The summed E-state index contributed by atoms with van der Waals surface area (Å²) in [6.07, 6.45) is 3.43. The van der Waals surface area contributed by atoms with Crippen molar-refractivity contribution >= 4 is 0 Å². The second-order valence-electron chi connectivity index (χ2n) is 3.19. The second-order valence-corrected chi connectivity index (χ2v) is 3.19. The fourth-order valence-electron chi connectivity index (χ4n) is 0.814. The zero-order chi connectivity index (χ0) is 9.19. The van der Waals surface area contributed by atoms with Gasteiger partial charge in [-0.05, 0) is 13.8 Å². The van der Waals surface area contributed by atoms with E-state index in [0.29, 0.717) is 5.69 Å². The van der Waals surface area contributed by atoms with Gasteiger partial charge in [-0.15, -0.1) is 0 Å². The molecule has 1 atom stereocenters. The summed E-state index contributed by atoms with van der Waals surface area (Å²) in [5.41, 5.74) is -0.805. The van der Waals surface area contributed by atoms with Gasteiger partial charge in [0.25, 0.3) is 0 Å². The molecular formula is C8H12N2O2. The first-order valence-corrected chi connectivity index (χ1v) is 3.68. The van der Waals surface area contributed by atoms with Crippen LogP contribution in [0.4, 0.5) is 0 Å². The Morgan fingerprint density at radius 1 is 1.42 bits per heavy atom. The lowest BCUT2D eigenvalue weighted by molar-refractivity contribution is -0.0519. The lowest BCUT2D eigenvalue weighted by Crippen LogP contribution is -2.29. The molecule has 1 aromatic heterocycles. The Kier molecular flexibility index (Phi) is 2.40. The Hall–Kier alpha value is -1.00. The Balaban J connectivity index is 2.86. The fourth-order valence-corrected chi connectivity index (χ4v) is 0.814. The van der Waals surface area contributed by atoms with Crippen molar-refractivity contribution in [3.8, 4) is 0 Å². The molecule has 0 amide bonds. The van der Waals surface area contributed by atoms with Crippen LogP contribution < -0.4 is 0 Å². The van der Waals surface area contributed by atoms with Gasteiger partial charge in [0.2, 0.25) is 0 Å². The van der Waals surface area contributed by atoms with Crippen LogP contribution in [0.25, 0.3) is 0 Å². The molecule has 1 unspecified atom stereocenters. The van der Waals surface area contributed by atoms with Gasteiger partial charge < -0.3 is 10.2 Å². The molecular weight excluding hydrogens is 156 g/mol. The minimum atomic E-state index is -1.18. The zero-order valence-electron chi connectivity index (χ0n) is 7.10. The van der Waals surface area contributed by atoms with Crippen LogP contribution in [0, 0.1) is 0 Å². The van der Waals surface area contributed by atoms with E-state index in [-0.39, 0.29) is 0 Å². The van der Waals surface area contributed by atoms with Gasteiger partial charge in [-0.1, -0.05) is 0 Å². The Labute approximate surface area is 70.9 Å². The lowest BCUT2D eigenvalue weighted by Gasteiger charge is -2.23. The van der Waals surface area contributed by atoms with Gasteiger partial charge in [0, 0.05) is 12.4 Å². The number of aliphatic hydroxyl groups excluding tert-OH is 1. The molecule has 0 radical (unpaired) electrons. The average Bonchev–Trinajstić information content (AvgIpc) is 2.03. The van der Waals surface area contributed by atoms with E-state index in [0.717, 1.165) is 0 Å². The van der Waals surface area contributed by atoms with Crippen molar-refractivity contribution in [2.24, 2.45) is 0 Å². The monoisotopic (exact) mass is 168 g/mol. The third-order valence-corrected chi connectivity index (χ3v) is 1.53. The first-order chi connectivity index (χ1) is 5.52. The molecule has 0 aliphatic carbocycles. The molecule has 12 heavy (non-hydrogen) atoms. The predicted octanol–water partition coefficient (Wildman–Crippen LogP) is 0.281. The largest absolute Gasteiger partial charge is 0.387 e. The van der Waals surface area contributed by atoms with Gasteiger partial charge in [-0.25, -0.2) is 0 Å². The van der Waals surface area contributed by atoms with Crippen molar-refractivity contribution in [1.82, 2.24) is 9.97 Å². The quantitative estimate of drug-likeness (QED) is 0.665. The maximum absolute atomic E-state index is 9.50. The van der Waals surface area contributed by atoms with Crippen LogP contribution in [0.5, 0.6) is 0 Å². The number of aromatic nitrogens is 2. The van der Waals surface area contributed by atoms with Crippen LogP contribution in [0.3, 0.4) is 0 Å². The molecule has 1 aromatic rings. The molecule has 0 saturated heterocycles. The summed E-state index contributed by atoms with van der Waals surface area (Å²) >= 11 is 0.